The fraction of sp³-hybridized carbons (Fsp3) is 0.176. The lowest BCUT2D eigenvalue weighted by molar-refractivity contribution is -0.123. The largest absolute Gasteiger partial charge is 0.492 e. The summed E-state index contributed by atoms with van der Waals surface area (Å²) in [6, 6.07) is 10.7. The molecule has 2 rings (SSSR count). The van der Waals surface area contributed by atoms with Crippen LogP contribution >= 0.6 is 56.8 Å². The summed E-state index contributed by atoms with van der Waals surface area (Å²) in [6.45, 7) is 2.43. The number of ether oxygens (including phenoxy) is 2. The minimum atomic E-state index is -0.346. The van der Waals surface area contributed by atoms with Crippen molar-refractivity contribution in [3.63, 3.8) is 0 Å². The quantitative estimate of drug-likeness (QED) is 0.297. The molecule has 0 fully saturated rings. The molecule has 0 unspecified atom stereocenters. The van der Waals surface area contributed by atoms with Crippen LogP contribution in [0.1, 0.15) is 12.5 Å². The lowest BCUT2D eigenvalue weighted by Crippen LogP contribution is -2.24. The van der Waals surface area contributed by atoms with Gasteiger partial charge in [0.2, 0.25) is 0 Å². The lowest BCUT2D eigenvalue weighted by Gasteiger charge is -2.09. The molecule has 0 saturated heterocycles. The summed E-state index contributed by atoms with van der Waals surface area (Å²) in [4.78, 5) is 11.7. The van der Waals surface area contributed by atoms with Gasteiger partial charge in [-0.25, -0.2) is 5.43 Å². The number of benzene rings is 2. The minimum Gasteiger partial charge on any atom is -0.492 e. The van der Waals surface area contributed by atoms with Crippen LogP contribution in [0.4, 0.5) is 0 Å². The molecule has 0 aliphatic heterocycles. The minimum absolute atomic E-state index is 0.128. The maximum Gasteiger partial charge on any atom is 0.277 e. The van der Waals surface area contributed by atoms with Crippen LogP contribution in [0.15, 0.2) is 41.5 Å². The smallest absolute Gasteiger partial charge is 0.277 e. The SMILES string of the molecule is CCOc1c(I)cc(/C=N\NC(=O)COc2ccc(Cl)cc2)cc1I. The Kier molecular flexibility index (Phi) is 8.24. The molecule has 2 aromatic carbocycles. The molecule has 0 heterocycles. The van der Waals surface area contributed by atoms with E-state index in [9.17, 15) is 4.79 Å². The van der Waals surface area contributed by atoms with Gasteiger partial charge in [-0.3, -0.25) is 4.79 Å². The third kappa shape index (κ3) is 6.63. The Morgan fingerprint density at radius 3 is 2.44 bits per heavy atom. The van der Waals surface area contributed by atoms with E-state index < -0.39 is 0 Å². The molecule has 25 heavy (non-hydrogen) atoms. The van der Waals surface area contributed by atoms with Crippen LogP contribution in [0.5, 0.6) is 11.5 Å². The van der Waals surface area contributed by atoms with Crippen molar-refractivity contribution < 1.29 is 14.3 Å². The van der Waals surface area contributed by atoms with Gasteiger partial charge >= 0.3 is 0 Å². The number of hydrogen-bond acceptors (Lipinski definition) is 4. The first-order chi connectivity index (χ1) is 12.0. The maximum atomic E-state index is 11.7. The van der Waals surface area contributed by atoms with Crippen molar-refractivity contribution in [2.24, 2.45) is 5.10 Å². The van der Waals surface area contributed by atoms with Crippen LogP contribution in [0.3, 0.4) is 0 Å². The van der Waals surface area contributed by atoms with E-state index in [1.807, 2.05) is 19.1 Å². The summed E-state index contributed by atoms with van der Waals surface area (Å²) in [5, 5.41) is 4.56. The van der Waals surface area contributed by atoms with E-state index in [0.717, 1.165) is 18.5 Å². The summed E-state index contributed by atoms with van der Waals surface area (Å²) < 4.78 is 12.9. The monoisotopic (exact) mass is 584 g/mol. The molecular formula is C17H15ClI2N2O3. The molecule has 8 heteroatoms. The van der Waals surface area contributed by atoms with Crippen LogP contribution < -0.4 is 14.9 Å². The Morgan fingerprint density at radius 2 is 1.84 bits per heavy atom. The van der Waals surface area contributed by atoms with Gasteiger partial charge in [-0.15, -0.1) is 0 Å². The summed E-state index contributed by atoms with van der Waals surface area (Å²) in [5.41, 5.74) is 3.31. The average Bonchev–Trinajstić information content (AvgIpc) is 2.58. The van der Waals surface area contributed by atoms with E-state index in [4.69, 9.17) is 21.1 Å². The Hall–Kier alpha value is -1.07. The number of rotatable bonds is 7. The van der Waals surface area contributed by atoms with E-state index in [-0.39, 0.29) is 12.5 Å². The zero-order valence-corrected chi connectivity index (χ0v) is 18.3. The van der Waals surface area contributed by atoms with Crippen LogP contribution in [-0.2, 0) is 4.79 Å². The zero-order chi connectivity index (χ0) is 18.2. The second-order valence-electron chi connectivity index (χ2n) is 4.78. The van der Waals surface area contributed by atoms with Crippen molar-refractivity contribution in [2.75, 3.05) is 13.2 Å². The van der Waals surface area contributed by atoms with E-state index >= 15 is 0 Å². The van der Waals surface area contributed by atoms with Gasteiger partial charge in [0.15, 0.2) is 6.61 Å². The molecule has 0 saturated carbocycles. The highest BCUT2D eigenvalue weighted by molar-refractivity contribution is 14.1. The molecular weight excluding hydrogens is 569 g/mol. The molecule has 2 aromatic rings. The van der Waals surface area contributed by atoms with Gasteiger partial charge in [0.05, 0.1) is 20.0 Å². The number of nitrogens with zero attached hydrogens (tertiary/aromatic N) is 1. The second kappa shape index (κ2) is 10.2. The third-order valence-corrected chi connectivity index (χ3v) is 4.75. The summed E-state index contributed by atoms with van der Waals surface area (Å²) >= 11 is 10.2. The standard InChI is InChI=1S/C17H15ClI2N2O3/c1-2-24-17-14(19)7-11(8-15(17)20)9-21-22-16(23)10-25-13-5-3-12(18)4-6-13/h3-9H,2,10H2,1H3,(H,22,23)/b21-9-. The molecule has 0 aromatic heterocycles. The Morgan fingerprint density at radius 1 is 1.20 bits per heavy atom. The highest BCUT2D eigenvalue weighted by Crippen LogP contribution is 2.28. The molecule has 0 aliphatic carbocycles. The first-order valence-corrected chi connectivity index (χ1v) is 9.85. The average molecular weight is 585 g/mol. The predicted octanol–water partition coefficient (Wildman–Crippen LogP) is 4.48. The van der Waals surface area contributed by atoms with Crippen molar-refractivity contribution in [1.29, 1.82) is 0 Å². The number of nitrogens with one attached hydrogen (secondary N) is 1. The van der Waals surface area contributed by atoms with Gasteiger partial charge in [0.1, 0.15) is 11.5 Å². The molecule has 1 N–H and O–H groups in total. The van der Waals surface area contributed by atoms with E-state index in [0.29, 0.717) is 17.4 Å². The number of amides is 1. The highest BCUT2D eigenvalue weighted by Gasteiger charge is 2.07. The van der Waals surface area contributed by atoms with Crippen molar-refractivity contribution in [1.82, 2.24) is 5.43 Å². The lowest BCUT2D eigenvalue weighted by atomic mass is 10.2. The van der Waals surface area contributed by atoms with E-state index in [1.54, 1.807) is 30.5 Å². The Bertz CT molecular complexity index is 744. The normalized spacial score (nSPS) is 10.7. The Labute approximate surface area is 178 Å². The van der Waals surface area contributed by atoms with Gasteiger partial charge in [0, 0.05) is 5.02 Å². The fourth-order valence-electron chi connectivity index (χ4n) is 1.83. The maximum absolute atomic E-state index is 11.7. The van der Waals surface area contributed by atoms with Crippen molar-refractivity contribution >= 4 is 68.9 Å². The molecule has 0 spiro atoms. The highest BCUT2D eigenvalue weighted by atomic mass is 127. The van der Waals surface area contributed by atoms with Gasteiger partial charge in [-0.2, -0.15) is 5.10 Å². The fourth-order valence-corrected chi connectivity index (χ4v) is 4.08. The molecule has 0 aliphatic rings. The van der Waals surface area contributed by atoms with Crippen molar-refractivity contribution in [2.45, 2.75) is 6.92 Å². The number of carbonyl (C=O) groups is 1. The van der Waals surface area contributed by atoms with Gasteiger partial charge in [-0.05, 0) is 94.1 Å². The molecule has 5 nitrogen and oxygen atoms in total. The molecule has 0 radical (unpaired) electrons. The topological polar surface area (TPSA) is 59.9 Å². The van der Waals surface area contributed by atoms with Gasteiger partial charge < -0.3 is 9.47 Å². The van der Waals surface area contributed by atoms with Crippen molar-refractivity contribution in [3.8, 4) is 11.5 Å². The zero-order valence-electron chi connectivity index (χ0n) is 13.3. The van der Waals surface area contributed by atoms with E-state index in [1.165, 1.54) is 0 Å². The summed E-state index contributed by atoms with van der Waals surface area (Å²) in [5.74, 6) is 1.09. The number of carbonyl (C=O) groups excluding carboxylic acids is 1. The van der Waals surface area contributed by atoms with E-state index in [2.05, 4.69) is 55.7 Å². The number of halogens is 3. The van der Waals surface area contributed by atoms with Crippen LogP contribution in [-0.4, -0.2) is 25.3 Å². The van der Waals surface area contributed by atoms with Crippen LogP contribution in [0, 0.1) is 7.14 Å². The van der Waals surface area contributed by atoms with Gasteiger partial charge in [0.25, 0.3) is 5.91 Å². The first kappa shape index (κ1) is 20.2. The molecule has 132 valence electrons. The first-order valence-electron chi connectivity index (χ1n) is 7.31. The molecule has 0 bridgehead atoms. The van der Waals surface area contributed by atoms with Crippen molar-refractivity contribution in [3.05, 3.63) is 54.1 Å². The summed E-state index contributed by atoms with van der Waals surface area (Å²) in [7, 11) is 0. The Balaban J connectivity index is 1.87. The van der Waals surface area contributed by atoms with Crippen LogP contribution in [0.25, 0.3) is 0 Å². The second-order valence-corrected chi connectivity index (χ2v) is 7.54. The number of hydrogen-bond donors (Lipinski definition) is 1. The van der Waals surface area contributed by atoms with Gasteiger partial charge in [-0.1, -0.05) is 11.6 Å². The third-order valence-electron chi connectivity index (χ3n) is 2.90. The molecule has 1 amide bonds. The van der Waals surface area contributed by atoms with Crippen LogP contribution in [0.2, 0.25) is 5.02 Å². The number of hydrazone groups is 1. The summed E-state index contributed by atoms with van der Waals surface area (Å²) in [6.07, 6.45) is 1.58. The predicted molar refractivity (Wildman–Crippen MR) is 116 cm³/mol. The molecule has 0 atom stereocenters.